The fraction of sp³-hybridized carbons (Fsp3) is 0.0588. The normalized spacial score (nSPS) is 10.4. The molecule has 2 aromatic carbocycles. The third kappa shape index (κ3) is 4.37. The van der Waals surface area contributed by atoms with Crippen LogP contribution in [0.2, 0.25) is 0 Å². The van der Waals surface area contributed by atoms with Crippen molar-refractivity contribution in [3.05, 3.63) is 76.6 Å². The van der Waals surface area contributed by atoms with E-state index in [0.717, 1.165) is 17.1 Å². The number of ether oxygens (including phenoxy) is 1. The number of hydrogen-bond acceptors (Lipinski definition) is 5. The van der Waals surface area contributed by atoms with Crippen molar-refractivity contribution in [2.75, 3.05) is 5.73 Å². The number of nitrogens with one attached hydrogen (secondary N) is 1. The van der Waals surface area contributed by atoms with E-state index in [1.807, 2.05) is 54.6 Å². The topological polar surface area (TPSA) is 81.0 Å². The van der Waals surface area contributed by atoms with Gasteiger partial charge in [-0.2, -0.15) is 0 Å². The molecule has 1 heterocycles. The predicted octanol–water partition coefficient (Wildman–Crippen LogP) is 3.44. The number of nitrogens with two attached hydrogens (primary N) is 1. The second-order valence-corrected chi connectivity index (χ2v) is 5.79. The zero-order valence-electron chi connectivity index (χ0n) is 12.2. The SMILES string of the molecule is Nc1cc(=O)[nH]c(SCc2cccc(Oc3ccccc3)c2)n1. The molecule has 0 radical (unpaired) electrons. The number of aromatic amines is 1. The summed E-state index contributed by atoms with van der Waals surface area (Å²) in [4.78, 5) is 18.1. The minimum Gasteiger partial charge on any atom is -0.457 e. The molecule has 0 saturated heterocycles. The van der Waals surface area contributed by atoms with Gasteiger partial charge in [0.25, 0.3) is 5.56 Å². The lowest BCUT2D eigenvalue weighted by molar-refractivity contribution is 0.482. The molecule has 0 atom stereocenters. The van der Waals surface area contributed by atoms with Gasteiger partial charge >= 0.3 is 0 Å². The lowest BCUT2D eigenvalue weighted by Gasteiger charge is -2.07. The summed E-state index contributed by atoms with van der Waals surface area (Å²) >= 11 is 1.41. The molecule has 23 heavy (non-hydrogen) atoms. The monoisotopic (exact) mass is 325 g/mol. The van der Waals surface area contributed by atoms with Crippen molar-refractivity contribution < 1.29 is 4.74 Å². The molecule has 116 valence electrons. The van der Waals surface area contributed by atoms with Crippen molar-refractivity contribution >= 4 is 17.6 Å². The van der Waals surface area contributed by atoms with Crippen LogP contribution in [0.1, 0.15) is 5.56 Å². The minimum absolute atomic E-state index is 0.220. The number of rotatable bonds is 5. The first-order valence-electron chi connectivity index (χ1n) is 7.00. The molecule has 3 N–H and O–H groups in total. The van der Waals surface area contributed by atoms with Gasteiger partial charge in [0.05, 0.1) is 0 Å². The summed E-state index contributed by atoms with van der Waals surface area (Å²) in [6.07, 6.45) is 0. The fourth-order valence-electron chi connectivity index (χ4n) is 2.00. The highest BCUT2D eigenvalue weighted by Gasteiger charge is 2.03. The van der Waals surface area contributed by atoms with Crippen LogP contribution in [0.4, 0.5) is 5.82 Å². The van der Waals surface area contributed by atoms with Gasteiger partial charge in [0.15, 0.2) is 5.16 Å². The molecule has 0 unspecified atom stereocenters. The molecule has 5 nitrogen and oxygen atoms in total. The number of anilines is 1. The maximum atomic E-state index is 11.4. The average Bonchev–Trinajstić information content (AvgIpc) is 2.53. The molecular formula is C17H15N3O2S. The summed E-state index contributed by atoms with van der Waals surface area (Å²) in [7, 11) is 0. The Labute approximate surface area is 137 Å². The molecule has 3 aromatic rings. The van der Waals surface area contributed by atoms with Crippen molar-refractivity contribution in [1.29, 1.82) is 0 Å². The molecule has 0 aliphatic carbocycles. The van der Waals surface area contributed by atoms with Crippen molar-refractivity contribution in [2.24, 2.45) is 0 Å². The number of aromatic nitrogens is 2. The smallest absolute Gasteiger partial charge is 0.253 e. The zero-order valence-corrected chi connectivity index (χ0v) is 13.0. The van der Waals surface area contributed by atoms with Gasteiger partial charge in [-0.1, -0.05) is 42.1 Å². The standard InChI is InChI=1S/C17H15N3O2S/c18-15-10-16(21)20-17(19-15)23-11-12-5-4-8-14(9-12)22-13-6-2-1-3-7-13/h1-10H,11H2,(H3,18,19,20,21). The molecule has 1 aromatic heterocycles. The number of nitrogen functional groups attached to an aromatic ring is 1. The van der Waals surface area contributed by atoms with E-state index in [9.17, 15) is 4.79 Å². The molecule has 0 amide bonds. The molecule has 6 heteroatoms. The highest BCUT2D eigenvalue weighted by atomic mass is 32.2. The Morgan fingerprint density at radius 1 is 1.04 bits per heavy atom. The van der Waals surface area contributed by atoms with E-state index in [4.69, 9.17) is 10.5 Å². The summed E-state index contributed by atoms with van der Waals surface area (Å²) in [5, 5.41) is 0.504. The number of para-hydroxylation sites is 1. The molecule has 0 aliphatic heterocycles. The summed E-state index contributed by atoms with van der Waals surface area (Å²) in [5.41, 5.74) is 6.39. The van der Waals surface area contributed by atoms with E-state index in [-0.39, 0.29) is 11.4 Å². The van der Waals surface area contributed by atoms with Crippen LogP contribution in [-0.2, 0) is 5.75 Å². The Morgan fingerprint density at radius 3 is 2.61 bits per heavy atom. The summed E-state index contributed by atoms with van der Waals surface area (Å²) < 4.78 is 5.81. The highest BCUT2D eigenvalue weighted by Crippen LogP contribution is 2.25. The molecule has 0 bridgehead atoms. The summed E-state index contributed by atoms with van der Waals surface area (Å²) in [6, 6.07) is 18.7. The van der Waals surface area contributed by atoms with E-state index >= 15 is 0 Å². The van der Waals surface area contributed by atoms with Gasteiger partial charge in [0.1, 0.15) is 17.3 Å². The Kier molecular flexibility index (Phi) is 4.63. The lowest BCUT2D eigenvalue weighted by Crippen LogP contribution is -2.09. The Bertz CT molecular complexity index is 850. The summed E-state index contributed by atoms with van der Waals surface area (Å²) in [6.45, 7) is 0. The van der Waals surface area contributed by atoms with Gasteiger partial charge in [-0.05, 0) is 29.8 Å². The van der Waals surface area contributed by atoms with Crippen LogP contribution < -0.4 is 16.0 Å². The van der Waals surface area contributed by atoms with Crippen LogP contribution in [0.25, 0.3) is 0 Å². The van der Waals surface area contributed by atoms with Gasteiger partial charge in [-0.3, -0.25) is 4.79 Å². The zero-order chi connectivity index (χ0) is 16.1. The van der Waals surface area contributed by atoms with Crippen LogP contribution in [-0.4, -0.2) is 9.97 Å². The number of benzene rings is 2. The maximum Gasteiger partial charge on any atom is 0.253 e. The van der Waals surface area contributed by atoms with Gasteiger partial charge in [-0.15, -0.1) is 0 Å². The van der Waals surface area contributed by atoms with Crippen molar-refractivity contribution in [3.8, 4) is 11.5 Å². The van der Waals surface area contributed by atoms with Gasteiger partial charge in [0, 0.05) is 11.8 Å². The summed E-state index contributed by atoms with van der Waals surface area (Å²) in [5.74, 6) is 2.43. The van der Waals surface area contributed by atoms with E-state index in [2.05, 4.69) is 9.97 Å². The predicted molar refractivity (Wildman–Crippen MR) is 91.8 cm³/mol. The quantitative estimate of drug-likeness (QED) is 0.555. The van der Waals surface area contributed by atoms with Crippen LogP contribution in [0.3, 0.4) is 0 Å². The van der Waals surface area contributed by atoms with Crippen LogP contribution in [0.5, 0.6) is 11.5 Å². The number of thioether (sulfide) groups is 1. The van der Waals surface area contributed by atoms with E-state index < -0.39 is 0 Å². The number of H-pyrrole nitrogens is 1. The molecule has 0 saturated carbocycles. The van der Waals surface area contributed by atoms with E-state index in [1.54, 1.807) is 0 Å². The Morgan fingerprint density at radius 2 is 1.83 bits per heavy atom. The third-order valence-electron chi connectivity index (χ3n) is 2.99. The maximum absolute atomic E-state index is 11.4. The first-order chi connectivity index (χ1) is 11.2. The van der Waals surface area contributed by atoms with Crippen LogP contribution in [0.15, 0.2) is 70.6 Å². The van der Waals surface area contributed by atoms with Crippen LogP contribution in [0, 0.1) is 0 Å². The minimum atomic E-state index is -0.249. The fourth-order valence-corrected chi connectivity index (χ4v) is 2.82. The first kappa shape index (κ1) is 15.2. The van der Waals surface area contributed by atoms with Gasteiger partial charge in [-0.25, -0.2) is 4.98 Å². The van der Waals surface area contributed by atoms with Crippen molar-refractivity contribution in [3.63, 3.8) is 0 Å². The first-order valence-corrected chi connectivity index (χ1v) is 7.99. The van der Waals surface area contributed by atoms with Gasteiger partial charge in [0.2, 0.25) is 0 Å². The van der Waals surface area contributed by atoms with Crippen LogP contribution >= 0.6 is 11.8 Å². The number of hydrogen-bond donors (Lipinski definition) is 2. The average molecular weight is 325 g/mol. The molecule has 0 spiro atoms. The lowest BCUT2D eigenvalue weighted by atomic mass is 10.2. The molecule has 0 aliphatic rings. The van der Waals surface area contributed by atoms with Gasteiger partial charge < -0.3 is 15.5 Å². The Hall–Kier alpha value is -2.73. The van der Waals surface area contributed by atoms with E-state index in [1.165, 1.54) is 17.8 Å². The Balaban J connectivity index is 1.69. The highest BCUT2D eigenvalue weighted by molar-refractivity contribution is 7.98. The molecular weight excluding hydrogens is 310 g/mol. The molecule has 3 rings (SSSR count). The third-order valence-corrected chi connectivity index (χ3v) is 3.94. The number of nitrogens with zero attached hydrogens (tertiary/aromatic N) is 1. The molecule has 0 fully saturated rings. The second kappa shape index (κ2) is 7.02. The second-order valence-electron chi connectivity index (χ2n) is 4.83. The van der Waals surface area contributed by atoms with Crippen molar-refractivity contribution in [1.82, 2.24) is 9.97 Å². The largest absolute Gasteiger partial charge is 0.457 e. The van der Waals surface area contributed by atoms with E-state index in [0.29, 0.717) is 10.9 Å². The van der Waals surface area contributed by atoms with Crippen molar-refractivity contribution in [2.45, 2.75) is 10.9 Å².